The van der Waals surface area contributed by atoms with E-state index in [1.54, 1.807) is 11.0 Å². The van der Waals surface area contributed by atoms with Crippen LogP contribution in [0.2, 0.25) is 0 Å². The van der Waals surface area contributed by atoms with Crippen LogP contribution in [0, 0.1) is 13.8 Å². The number of nitrogens with one attached hydrogen (secondary N) is 1. The van der Waals surface area contributed by atoms with Gasteiger partial charge in [-0.1, -0.05) is 6.07 Å². The van der Waals surface area contributed by atoms with Gasteiger partial charge in [-0.3, -0.25) is 4.90 Å². The molecule has 6 heteroatoms. The molecule has 0 atom stereocenters. The third-order valence-corrected chi connectivity index (χ3v) is 5.27. The Balaban J connectivity index is 1.62. The summed E-state index contributed by atoms with van der Waals surface area (Å²) in [6, 6.07) is 5.68. The summed E-state index contributed by atoms with van der Waals surface area (Å²) in [5.41, 5.74) is 3.39. The highest BCUT2D eigenvalue weighted by atomic mass is 16.4. The van der Waals surface area contributed by atoms with Gasteiger partial charge >= 0.3 is 11.7 Å². The van der Waals surface area contributed by atoms with Crippen LogP contribution in [0.1, 0.15) is 16.7 Å². The summed E-state index contributed by atoms with van der Waals surface area (Å²) in [6.45, 7) is 7.02. The smallest absolute Gasteiger partial charge is 0.336 e. The minimum Gasteiger partial charge on any atom is -0.422 e. The molecule has 2 fully saturated rings. The molecule has 24 heavy (non-hydrogen) atoms. The summed E-state index contributed by atoms with van der Waals surface area (Å²) in [5, 5.41) is 3.90. The highest BCUT2D eigenvalue weighted by molar-refractivity contribution is 5.83. The highest BCUT2D eigenvalue weighted by Gasteiger charge is 2.51. The van der Waals surface area contributed by atoms with Gasteiger partial charge in [-0.25, -0.2) is 9.59 Å². The summed E-state index contributed by atoms with van der Waals surface area (Å²) >= 11 is 0. The van der Waals surface area contributed by atoms with Gasteiger partial charge in [0.05, 0.1) is 5.54 Å². The lowest BCUT2D eigenvalue weighted by Gasteiger charge is -2.50. The number of likely N-dealkylation sites (tertiary alicyclic amines) is 1. The minimum atomic E-state index is -0.311. The molecule has 1 aromatic carbocycles. The molecule has 0 radical (unpaired) electrons. The number of amides is 2. The van der Waals surface area contributed by atoms with Crippen molar-refractivity contribution in [2.75, 3.05) is 26.7 Å². The fourth-order valence-corrected chi connectivity index (χ4v) is 3.96. The van der Waals surface area contributed by atoms with E-state index in [0.29, 0.717) is 18.7 Å². The van der Waals surface area contributed by atoms with Crippen molar-refractivity contribution in [2.24, 2.45) is 0 Å². The molecule has 2 aliphatic heterocycles. The van der Waals surface area contributed by atoms with Crippen molar-refractivity contribution in [2.45, 2.75) is 25.9 Å². The van der Waals surface area contributed by atoms with Gasteiger partial charge in [-0.05, 0) is 36.6 Å². The van der Waals surface area contributed by atoms with E-state index in [0.717, 1.165) is 35.2 Å². The van der Waals surface area contributed by atoms with Crippen molar-refractivity contribution in [1.82, 2.24) is 15.1 Å². The molecule has 6 nitrogen and oxygen atoms in total. The van der Waals surface area contributed by atoms with Crippen molar-refractivity contribution in [3.63, 3.8) is 0 Å². The van der Waals surface area contributed by atoms with Crippen LogP contribution in [0.15, 0.2) is 27.4 Å². The first kappa shape index (κ1) is 15.2. The zero-order valence-electron chi connectivity index (χ0n) is 14.2. The lowest BCUT2D eigenvalue weighted by molar-refractivity contribution is -0.000863. The average molecular weight is 327 g/mol. The van der Waals surface area contributed by atoms with E-state index in [-0.39, 0.29) is 17.2 Å². The molecule has 2 aromatic rings. The number of fused-ring (bicyclic) bond motifs is 1. The maximum Gasteiger partial charge on any atom is 0.336 e. The van der Waals surface area contributed by atoms with E-state index in [9.17, 15) is 9.59 Å². The number of hydrogen-bond acceptors (Lipinski definition) is 4. The Morgan fingerprint density at radius 2 is 1.96 bits per heavy atom. The van der Waals surface area contributed by atoms with Crippen LogP contribution in [-0.4, -0.2) is 48.1 Å². The molecular formula is C18H21N3O3. The molecule has 0 bridgehead atoms. The van der Waals surface area contributed by atoms with Gasteiger partial charge in [0, 0.05) is 44.7 Å². The van der Waals surface area contributed by atoms with Gasteiger partial charge in [0.2, 0.25) is 0 Å². The normalized spacial score (nSPS) is 19.8. The number of nitrogens with zero attached hydrogens (tertiary/aromatic N) is 2. The molecule has 126 valence electrons. The topological polar surface area (TPSA) is 65.8 Å². The first-order valence-electron chi connectivity index (χ1n) is 8.16. The van der Waals surface area contributed by atoms with Crippen LogP contribution in [0.3, 0.4) is 0 Å². The second-order valence-corrected chi connectivity index (χ2v) is 7.14. The van der Waals surface area contributed by atoms with Gasteiger partial charge in [0.25, 0.3) is 0 Å². The molecule has 0 saturated carbocycles. The van der Waals surface area contributed by atoms with Gasteiger partial charge in [-0.15, -0.1) is 0 Å². The minimum absolute atomic E-state index is 0.00768. The lowest BCUT2D eigenvalue weighted by Crippen LogP contribution is -2.68. The molecule has 1 aromatic heterocycles. The third-order valence-electron chi connectivity index (χ3n) is 5.27. The number of benzene rings is 1. The molecule has 1 spiro atoms. The molecule has 2 aliphatic rings. The fraction of sp³-hybridized carbons (Fsp3) is 0.444. The van der Waals surface area contributed by atoms with Crippen molar-refractivity contribution < 1.29 is 9.21 Å². The first-order valence-corrected chi connectivity index (χ1v) is 8.16. The lowest BCUT2D eigenvalue weighted by atomic mass is 9.89. The number of rotatable bonds is 2. The molecule has 0 unspecified atom stereocenters. The van der Waals surface area contributed by atoms with Crippen LogP contribution >= 0.6 is 0 Å². The van der Waals surface area contributed by atoms with Gasteiger partial charge in [-0.2, -0.15) is 0 Å². The number of aryl methyl sites for hydroxylation is 2. The van der Waals surface area contributed by atoms with E-state index in [1.807, 2.05) is 27.0 Å². The SMILES string of the molecule is Cc1cc(C)c2oc(=O)cc(CN3CC4(CNC(=O)N4C)C3)c2c1. The Morgan fingerprint density at radius 3 is 2.62 bits per heavy atom. The van der Waals surface area contributed by atoms with Crippen LogP contribution < -0.4 is 10.9 Å². The van der Waals surface area contributed by atoms with E-state index in [1.165, 1.54) is 0 Å². The monoisotopic (exact) mass is 327 g/mol. The highest BCUT2D eigenvalue weighted by Crippen LogP contribution is 2.32. The Bertz CT molecular complexity index is 896. The predicted molar refractivity (Wildman–Crippen MR) is 91.1 cm³/mol. The molecule has 2 saturated heterocycles. The van der Waals surface area contributed by atoms with Crippen LogP contribution in [0.5, 0.6) is 0 Å². The quantitative estimate of drug-likeness (QED) is 0.851. The Morgan fingerprint density at radius 1 is 1.21 bits per heavy atom. The number of carbonyl (C=O) groups excluding carboxylic acids is 1. The number of likely N-dealkylation sites (N-methyl/N-ethyl adjacent to an activating group) is 1. The molecule has 3 heterocycles. The summed E-state index contributed by atoms with van der Waals surface area (Å²) in [6.07, 6.45) is 0. The zero-order valence-corrected chi connectivity index (χ0v) is 14.2. The summed E-state index contributed by atoms with van der Waals surface area (Å²) in [7, 11) is 1.85. The second-order valence-electron chi connectivity index (χ2n) is 7.14. The Labute approximate surface area is 140 Å². The summed E-state index contributed by atoms with van der Waals surface area (Å²) in [5.74, 6) is 0. The standard InChI is InChI=1S/C18H21N3O3/c1-11-4-12(2)16-14(5-11)13(6-15(22)24-16)7-21-9-18(10-21)8-19-17(23)20(18)3/h4-6H,7-10H2,1-3H3,(H,19,23). The van der Waals surface area contributed by atoms with Crippen molar-refractivity contribution in [1.29, 1.82) is 0 Å². The Kier molecular flexibility index (Phi) is 3.22. The second kappa shape index (κ2) is 5.08. The largest absolute Gasteiger partial charge is 0.422 e. The van der Waals surface area contributed by atoms with Crippen molar-refractivity contribution in [3.8, 4) is 0 Å². The van der Waals surface area contributed by atoms with Crippen molar-refractivity contribution >= 4 is 17.0 Å². The van der Waals surface area contributed by atoms with E-state index < -0.39 is 0 Å². The average Bonchev–Trinajstić information content (AvgIpc) is 2.77. The molecule has 0 aliphatic carbocycles. The first-order chi connectivity index (χ1) is 11.4. The maximum atomic E-state index is 11.9. The van der Waals surface area contributed by atoms with E-state index in [4.69, 9.17) is 4.42 Å². The van der Waals surface area contributed by atoms with Crippen LogP contribution in [0.4, 0.5) is 4.79 Å². The van der Waals surface area contributed by atoms with Gasteiger partial charge < -0.3 is 14.6 Å². The van der Waals surface area contributed by atoms with E-state index in [2.05, 4.69) is 16.3 Å². The maximum absolute atomic E-state index is 11.9. The number of hydrogen-bond donors (Lipinski definition) is 1. The molecule has 2 amide bonds. The summed E-state index contributed by atoms with van der Waals surface area (Å²) < 4.78 is 5.41. The zero-order chi connectivity index (χ0) is 17.1. The van der Waals surface area contributed by atoms with E-state index >= 15 is 0 Å². The Hall–Kier alpha value is -2.34. The van der Waals surface area contributed by atoms with Crippen LogP contribution in [0.25, 0.3) is 11.0 Å². The third kappa shape index (κ3) is 2.21. The predicted octanol–water partition coefficient (Wildman–Crippen LogP) is 1.62. The molecule has 1 N–H and O–H groups in total. The number of carbonyl (C=O) groups is 1. The summed E-state index contributed by atoms with van der Waals surface area (Å²) in [4.78, 5) is 27.7. The number of urea groups is 1. The van der Waals surface area contributed by atoms with Gasteiger partial charge in [0.1, 0.15) is 5.58 Å². The fourth-order valence-electron chi connectivity index (χ4n) is 3.96. The van der Waals surface area contributed by atoms with Crippen LogP contribution in [-0.2, 0) is 6.54 Å². The van der Waals surface area contributed by atoms with Crippen molar-refractivity contribution in [3.05, 3.63) is 45.3 Å². The molecule has 4 rings (SSSR count). The molecular weight excluding hydrogens is 306 g/mol. The van der Waals surface area contributed by atoms with Gasteiger partial charge in [0.15, 0.2) is 0 Å².